The lowest BCUT2D eigenvalue weighted by molar-refractivity contribution is 0.235. The van der Waals surface area contributed by atoms with Gasteiger partial charge >= 0.3 is 0 Å². The van der Waals surface area contributed by atoms with Crippen molar-refractivity contribution in [3.8, 4) is 0 Å². The number of benzene rings is 1. The second kappa shape index (κ2) is 5.89. The molecule has 1 aliphatic carbocycles. The smallest absolute Gasteiger partial charge is 0.0758 e. The Morgan fingerprint density at radius 3 is 2.47 bits per heavy atom. The molecule has 0 amide bonds. The van der Waals surface area contributed by atoms with Gasteiger partial charge in [-0.3, -0.25) is 0 Å². The predicted molar refractivity (Wildman–Crippen MR) is 81.1 cm³/mol. The van der Waals surface area contributed by atoms with Gasteiger partial charge in [-0.2, -0.15) is 0 Å². The largest absolute Gasteiger partial charge is 0.389 e. The zero-order chi connectivity index (χ0) is 13.8. The first-order valence-corrected chi connectivity index (χ1v) is 6.64. The molecule has 0 saturated carbocycles. The third-order valence-electron chi connectivity index (χ3n) is 3.50. The number of nitrogens with zero attached hydrogens (tertiary/aromatic N) is 1. The molecular formula is C17H21NO. The number of anilines is 1. The van der Waals surface area contributed by atoms with E-state index in [2.05, 4.69) is 43.2 Å². The van der Waals surface area contributed by atoms with Crippen LogP contribution in [0.3, 0.4) is 0 Å². The van der Waals surface area contributed by atoms with Crippen LogP contribution in [-0.4, -0.2) is 18.3 Å². The lowest BCUT2D eigenvalue weighted by atomic mass is 10.1. The molecule has 0 fully saturated rings. The maximum Gasteiger partial charge on any atom is 0.0758 e. The molecule has 1 unspecified atom stereocenters. The minimum atomic E-state index is -0.412. The lowest BCUT2D eigenvalue weighted by Crippen LogP contribution is -2.16. The fourth-order valence-electron chi connectivity index (χ4n) is 2.26. The van der Waals surface area contributed by atoms with Crippen molar-refractivity contribution >= 4 is 5.69 Å². The second-order valence-corrected chi connectivity index (χ2v) is 4.98. The Morgan fingerprint density at radius 1 is 1.16 bits per heavy atom. The van der Waals surface area contributed by atoms with E-state index in [0.29, 0.717) is 0 Å². The number of hydrogen-bond donors (Lipinski definition) is 1. The summed E-state index contributed by atoms with van der Waals surface area (Å²) in [6.07, 6.45) is 6.66. The summed E-state index contributed by atoms with van der Waals surface area (Å²) < 4.78 is 0. The van der Waals surface area contributed by atoms with Crippen molar-refractivity contribution in [3.05, 3.63) is 65.4 Å². The molecular weight excluding hydrogens is 234 g/mol. The number of rotatable bonds is 3. The van der Waals surface area contributed by atoms with Gasteiger partial charge < -0.3 is 10.0 Å². The summed E-state index contributed by atoms with van der Waals surface area (Å²) in [5.41, 5.74) is 4.65. The molecule has 0 heterocycles. The van der Waals surface area contributed by atoms with Crippen LogP contribution < -0.4 is 4.90 Å². The third kappa shape index (κ3) is 3.15. The van der Waals surface area contributed by atoms with Gasteiger partial charge in [-0.15, -0.1) is 0 Å². The summed E-state index contributed by atoms with van der Waals surface area (Å²) in [5.74, 6) is 0. The number of aliphatic hydroxyl groups is 1. The molecule has 0 aromatic heterocycles. The van der Waals surface area contributed by atoms with E-state index >= 15 is 0 Å². The highest BCUT2D eigenvalue weighted by Gasteiger charge is 2.11. The van der Waals surface area contributed by atoms with E-state index in [1.807, 2.05) is 24.3 Å². The molecule has 1 aromatic rings. The summed E-state index contributed by atoms with van der Waals surface area (Å²) >= 11 is 0. The van der Waals surface area contributed by atoms with Gasteiger partial charge in [0.25, 0.3) is 0 Å². The quantitative estimate of drug-likeness (QED) is 0.891. The van der Waals surface area contributed by atoms with Crippen LogP contribution in [0.5, 0.6) is 0 Å². The molecule has 0 radical (unpaired) electrons. The highest BCUT2D eigenvalue weighted by atomic mass is 16.3. The fraction of sp³-hybridized carbons (Fsp3) is 0.294. The molecule has 2 heteroatoms. The minimum Gasteiger partial charge on any atom is -0.389 e. The van der Waals surface area contributed by atoms with E-state index in [9.17, 15) is 5.11 Å². The summed E-state index contributed by atoms with van der Waals surface area (Å²) in [7, 11) is 2.08. The second-order valence-electron chi connectivity index (χ2n) is 4.98. The van der Waals surface area contributed by atoms with Gasteiger partial charge in [0.15, 0.2) is 0 Å². The van der Waals surface area contributed by atoms with E-state index in [1.54, 1.807) is 6.92 Å². The molecule has 1 aliphatic rings. The molecule has 19 heavy (non-hydrogen) atoms. The summed E-state index contributed by atoms with van der Waals surface area (Å²) in [6.45, 7) is 3.94. The molecule has 100 valence electrons. The molecule has 1 atom stereocenters. The van der Waals surface area contributed by atoms with Crippen molar-refractivity contribution in [2.24, 2.45) is 0 Å². The van der Waals surface area contributed by atoms with Crippen molar-refractivity contribution in [1.29, 1.82) is 0 Å². The Morgan fingerprint density at radius 2 is 1.84 bits per heavy atom. The van der Waals surface area contributed by atoms with Gasteiger partial charge in [0.2, 0.25) is 0 Å². The van der Waals surface area contributed by atoms with Crippen molar-refractivity contribution in [2.75, 3.05) is 11.9 Å². The van der Waals surface area contributed by atoms with Gasteiger partial charge in [-0.1, -0.05) is 30.4 Å². The first kappa shape index (κ1) is 13.6. The zero-order valence-corrected chi connectivity index (χ0v) is 11.8. The number of allylic oxidation sites excluding steroid dienone is 3. The Labute approximate surface area is 115 Å². The van der Waals surface area contributed by atoms with Crippen molar-refractivity contribution in [1.82, 2.24) is 0 Å². The van der Waals surface area contributed by atoms with Gasteiger partial charge in [0, 0.05) is 18.4 Å². The van der Waals surface area contributed by atoms with Gasteiger partial charge in [0.05, 0.1) is 6.10 Å². The van der Waals surface area contributed by atoms with Crippen molar-refractivity contribution < 1.29 is 5.11 Å². The first-order chi connectivity index (χ1) is 9.09. The van der Waals surface area contributed by atoms with Gasteiger partial charge in [-0.25, -0.2) is 0 Å². The van der Waals surface area contributed by atoms with Gasteiger partial charge in [0.1, 0.15) is 0 Å². The first-order valence-electron chi connectivity index (χ1n) is 6.64. The number of aliphatic hydroxyl groups excluding tert-OH is 1. The van der Waals surface area contributed by atoms with E-state index in [0.717, 1.165) is 12.0 Å². The van der Waals surface area contributed by atoms with Crippen LogP contribution in [0, 0.1) is 0 Å². The highest BCUT2D eigenvalue weighted by molar-refractivity contribution is 5.56. The Bertz CT molecular complexity index is 523. The average molecular weight is 255 g/mol. The maximum absolute atomic E-state index is 9.68. The number of para-hydroxylation sites is 1. The van der Waals surface area contributed by atoms with E-state index in [-0.39, 0.29) is 0 Å². The molecule has 1 N–H and O–H groups in total. The molecule has 1 aromatic carbocycles. The Balaban J connectivity index is 2.28. The third-order valence-corrected chi connectivity index (χ3v) is 3.50. The maximum atomic E-state index is 9.68. The predicted octanol–water partition coefficient (Wildman–Crippen LogP) is 3.66. The zero-order valence-electron chi connectivity index (χ0n) is 11.8. The van der Waals surface area contributed by atoms with Crippen molar-refractivity contribution in [2.45, 2.75) is 26.4 Å². The molecule has 0 saturated heterocycles. The highest BCUT2D eigenvalue weighted by Crippen LogP contribution is 2.25. The normalized spacial score (nSPS) is 16.9. The Kier molecular flexibility index (Phi) is 4.23. The SMILES string of the molecule is CC1=C(N(C)c2ccccc2)C=CC(C(C)O)=CC1. The summed E-state index contributed by atoms with van der Waals surface area (Å²) in [5, 5.41) is 9.68. The Hall–Kier alpha value is -1.80. The molecule has 2 nitrogen and oxygen atoms in total. The van der Waals surface area contributed by atoms with Crippen LogP contribution in [0.4, 0.5) is 5.69 Å². The van der Waals surface area contributed by atoms with E-state index < -0.39 is 6.10 Å². The van der Waals surface area contributed by atoms with Crippen LogP contribution in [0.2, 0.25) is 0 Å². The summed E-state index contributed by atoms with van der Waals surface area (Å²) in [4.78, 5) is 2.19. The molecule has 0 bridgehead atoms. The number of hydrogen-bond acceptors (Lipinski definition) is 2. The topological polar surface area (TPSA) is 23.5 Å². The van der Waals surface area contributed by atoms with E-state index in [4.69, 9.17) is 0 Å². The summed E-state index contributed by atoms with van der Waals surface area (Å²) in [6, 6.07) is 10.3. The molecule has 0 spiro atoms. The van der Waals surface area contributed by atoms with Crippen LogP contribution >= 0.6 is 0 Å². The minimum absolute atomic E-state index is 0.412. The van der Waals surface area contributed by atoms with E-state index in [1.165, 1.54) is 17.0 Å². The average Bonchev–Trinajstić information content (AvgIpc) is 2.61. The molecule has 2 rings (SSSR count). The van der Waals surface area contributed by atoms with Crippen LogP contribution in [0.25, 0.3) is 0 Å². The standard InChI is InChI=1S/C17H21NO/c1-13-9-10-15(14(2)19)11-12-17(13)18(3)16-7-5-4-6-8-16/h4-8,10-12,14,19H,9H2,1-3H3. The van der Waals surface area contributed by atoms with Crippen LogP contribution in [-0.2, 0) is 0 Å². The number of likely N-dealkylation sites (N-methyl/N-ethyl adjacent to an activating group) is 1. The lowest BCUT2D eigenvalue weighted by Gasteiger charge is -2.22. The fourth-order valence-corrected chi connectivity index (χ4v) is 2.26. The van der Waals surface area contributed by atoms with Gasteiger partial charge in [-0.05, 0) is 49.6 Å². The monoisotopic (exact) mass is 255 g/mol. The van der Waals surface area contributed by atoms with Crippen LogP contribution in [0.15, 0.2) is 65.4 Å². The van der Waals surface area contributed by atoms with Crippen LogP contribution in [0.1, 0.15) is 20.3 Å². The van der Waals surface area contributed by atoms with Crippen molar-refractivity contribution in [3.63, 3.8) is 0 Å². The molecule has 0 aliphatic heterocycles.